The molecule has 5 heteroatoms. The first-order valence-electron chi connectivity index (χ1n) is 8.74. The van der Waals surface area contributed by atoms with Gasteiger partial charge in [0.15, 0.2) is 0 Å². The minimum atomic E-state index is 0.278. The van der Waals surface area contributed by atoms with Gasteiger partial charge in [-0.25, -0.2) is 0 Å². The van der Waals surface area contributed by atoms with Gasteiger partial charge in [0.2, 0.25) is 0 Å². The SMILES string of the molecule is Cc1c(CNC[C@@H](c2ccco2)N2CCCCC2)cc(C#N)n1C. The number of rotatable bonds is 6. The molecule has 0 unspecified atom stereocenters. The van der Waals surface area contributed by atoms with Crippen LogP contribution >= 0.6 is 0 Å². The van der Waals surface area contributed by atoms with Gasteiger partial charge in [0.1, 0.15) is 17.5 Å². The monoisotopic (exact) mass is 326 g/mol. The minimum absolute atomic E-state index is 0.278. The Morgan fingerprint density at radius 2 is 2.12 bits per heavy atom. The number of likely N-dealkylation sites (tertiary alicyclic amines) is 1. The predicted octanol–water partition coefficient (Wildman–Crippen LogP) is 3.12. The summed E-state index contributed by atoms with van der Waals surface area (Å²) in [6, 6.07) is 8.53. The zero-order chi connectivity index (χ0) is 16.9. The van der Waals surface area contributed by atoms with Crippen LogP contribution in [0, 0.1) is 18.3 Å². The summed E-state index contributed by atoms with van der Waals surface area (Å²) in [5.74, 6) is 1.03. The van der Waals surface area contributed by atoms with Crippen LogP contribution in [-0.4, -0.2) is 29.1 Å². The third-order valence-corrected chi connectivity index (χ3v) is 5.11. The Hall–Kier alpha value is -2.03. The molecule has 0 spiro atoms. The highest BCUT2D eigenvalue weighted by molar-refractivity contribution is 5.34. The van der Waals surface area contributed by atoms with E-state index in [1.807, 2.05) is 23.7 Å². The predicted molar refractivity (Wildman–Crippen MR) is 93.4 cm³/mol. The van der Waals surface area contributed by atoms with Crippen LogP contribution in [0.15, 0.2) is 28.9 Å². The Bertz CT molecular complexity index is 690. The van der Waals surface area contributed by atoms with Crippen molar-refractivity contribution in [3.8, 4) is 6.07 Å². The molecule has 24 heavy (non-hydrogen) atoms. The summed E-state index contributed by atoms with van der Waals surface area (Å²) in [7, 11) is 1.94. The molecule has 3 rings (SSSR count). The summed E-state index contributed by atoms with van der Waals surface area (Å²) < 4.78 is 7.64. The number of hydrogen-bond acceptors (Lipinski definition) is 4. The molecular formula is C19H26N4O. The van der Waals surface area contributed by atoms with Gasteiger partial charge in [-0.3, -0.25) is 4.90 Å². The fraction of sp³-hybridized carbons (Fsp3) is 0.526. The largest absolute Gasteiger partial charge is 0.468 e. The number of nitriles is 1. The third-order valence-electron chi connectivity index (χ3n) is 5.11. The van der Waals surface area contributed by atoms with Crippen molar-refractivity contribution in [2.24, 2.45) is 7.05 Å². The van der Waals surface area contributed by atoms with Gasteiger partial charge in [-0.1, -0.05) is 6.42 Å². The molecule has 0 aromatic carbocycles. The Morgan fingerprint density at radius 1 is 1.33 bits per heavy atom. The first kappa shape index (κ1) is 16.8. The molecule has 0 amide bonds. The van der Waals surface area contributed by atoms with Crippen molar-refractivity contribution in [2.75, 3.05) is 19.6 Å². The molecule has 1 N–H and O–H groups in total. The number of hydrogen-bond donors (Lipinski definition) is 1. The standard InChI is InChI=1S/C19H26N4O/c1-15-16(11-17(12-20)22(15)2)13-21-14-18(19-7-6-10-24-19)23-8-4-3-5-9-23/h6-7,10-11,18,21H,3-5,8-9,13-14H2,1-2H3/t18-/m0/s1. The summed E-state index contributed by atoms with van der Waals surface area (Å²) >= 11 is 0. The van der Waals surface area contributed by atoms with Gasteiger partial charge in [-0.2, -0.15) is 5.26 Å². The summed E-state index contributed by atoms with van der Waals surface area (Å²) in [4.78, 5) is 2.52. The van der Waals surface area contributed by atoms with E-state index in [1.165, 1.54) is 24.8 Å². The van der Waals surface area contributed by atoms with Crippen LogP contribution in [0.25, 0.3) is 0 Å². The average molecular weight is 326 g/mol. The molecule has 0 saturated carbocycles. The lowest BCUT2D eigenvalue weighted by atomic mass is 10.1. The average Bonchev–Trinajstić information content (AvgIpc) is 3.23. The van der Waals surface area contributed by atoms with Crippen LogP contribution in [0.5, 0.6) is 0 Å². The van der Waals surface area contributed by atoms with Crippen molar-refractivity contribution in [3.05, 3.63) is 47.2 Å². The van der Waals surface area contributed by atoms with Crippen molar-refractivity contribution in [1.82, 2.24) is 14.8 Å². The summed E-state index contributed by atoms with van der Waals surface area (Å²) in [5.41, 5.74) is 3.04. The Kier molecular flexibility index (Phi) is 5.39. The Morgan fingerprint density at radius 3 is 2.75 bits per heavy atom. The molecule has 0 bridgehead atoms. The van der Waals surface area contributed by atoms with Gasteiger partial charge in [0.05, 0.1) is 12.3 Å². The molecule has 0 aliphatic carbocycles. The lowest BCUT2D eigenvalue weighted by Crippen LogP contribution is -2.38. The number of nitrogens with zero attached hydrogens (tertiary/aromatic N) is 3. The van der Waals surface area contributed by atoms with Crippen molar-refractivity contribution < 1.29 is 4.42 Å². The smallest absolute Gasteiger partial charge is 0.122 e. The quantitative estimate of drug-likeness (QED) is 0.886. The second-order valence-electron chi connectivity index (χ2n) is 6.57. The van der Waals surface area contributed by atoms with Gasteiger partial charge in [-0.15, -0.1) is 0 Å². The van der Waals surface area contributed by atoms with E-state index < -0.39 is 0 Å². The van der Waals surface area contributed by atoms with Crippen LogP contribution < -0.4 is 5.32 Å². The zero-order valence-corrected chi connectivity index (χ0v) is 14.6. The van der Waals surface area contributed by atoms with Crippen LogP contribution in [0.2, 0.25) is 0 Å². The van der Waals surface area contributed by atoms with Gasteiger partial charge in [-0.05, 0) is 56.6 Å². The first-order valence-corrected chi connectivity index (χ1v) is 8.74. The molecule has 1 aliphatic rings. The van der Waals surface area contributed by atoms with Crippen LogP contribution in [0.3, 0.4) is 0 Å². The Balaban J connectivity index is 1.65. The van der Waals surface area contributed by atoms with Gasteiger partial charge in [0, 0.05) is 25.8 Å². The molecule has 128 valence electrons. The summed E-state index contributed by atoms with van der Waals surface area (Å²) in [6.45, 7) is 5.95. The number of piperidine rings is 1. The van der Waals surface area contributed by atoms with Gasteiger partial charge in [0.25, 0.3) is 0 Å². The fourth-order valence-corrected chi connectivity index (χ4v) is 3.51. The summed E-state index contributed by atoms with van der Waals surface area (Å²) in [6.07, 6.45) is 5.61. The van der Waals surface area contributed by atoms with E-state index in [0.29, 0.717) is 5.69 Å². The highest BCUT2D eigenvalue weighted by Crippen LogP contribution is 2.24. The van der Waals surface area contributed by atoms with Crippen LogP contribution in [0.1, 0.15) is 48.0 Å². The van der Waals surface area contributed by atoms with E-state index in [9.17, 15) is 0 Å². The maximum atomic E-state index is 9.15. The van der Waals surface area contributed by atoms with E-state index in [1.54, 1.807) is 6.26 Å². The zero-order valence-electron chi connectivity index (χ0n) is 14.6. The third kappa shape index (κ3) is 3.55. The van der Waals surface area contributed by atoms with Gasteiger partial charge >= 0.3 is 0 Å². The number of aromatic nitrogens is 1. The molecule has 2 aromatic heterocycles. The van der Waals surface area contributed by atoms with Gasteiger partial charge < -0.3 is 14.3 Å². The molecule has 2 aromatic rings. The van der Waals surface area contributed by atoms with E-state index in [2.05, 4.69) is 29.3 Å². The highest BCUT2D eigenvalue weighted by atomic mass is 16.3. The minimum Gasteiger partial charge on any atom is -0.468 e. The topological polar surface area (TPSA) is 57.1 Å². The van der Waals surface area contributed by atoms with Crippen molar-refractivity contribution in [2.45, 2.75) is 38.8 Å². The molecule has 1 fully saturated rings. The highest BCUT2D eigenvalue weighted by Gasteiger charge is 2.24. The van der Waals surface area contributed by atoms with E-state index in [4.69, 9.17) is 9.68 Å². The van der Waals surface area contributed by atoms with E-state index in [-0.39, 0.29) is 6.04 Å². The molecule has 5 nitrogen and oxygen atoms in total. The lowest BCUT2D eigenvalue weighted by Gasteiger charge is -2.33. The first-order chi connectivity index (χ1) is 11.7. The molecule has 3 heterocycles. The van der Waals surface area contributed by atoms with Crippen molar-refractivity contribution >= 4 is 0 Å². The lowest BCUT2D eigenvalue weighted by molar-refractivity contribution is 0.142. The van der Waals surface area contributed by atoms with E-state index in [0.717, 1.165) is 37.6 Å². The molecule has 1 atom stereocenters. The fourth-order valence-electron chi connectivity index (χ4n) is 3.51. The second kappa shape index (κ2) is 7.69. The van der Waals surface area contributed by atoms with E-state index >= 15 is 0 Å². The molecule has 1 aliphatic heterocycles. The van der Waals surface area contributed by atoms with Crippen LogP contribution in [-0.2, 0) is 13.6 Å². The van der Waals surface area contributed by atoms with Crippen LogP contribution in [0.4, 0.5) is 0 Å². The molecule has 1 saturated heterocycles. The second-order valence-corrected chi connectivity index (χ2v) is 6.57. The molecule has 0 radical (unpaired) electrons. The maximum absolute atomic E-state index is 9.15. The molecular weight excluding hydrogens is 300 g/mol. The summed E-state index contributed by atoms with van der Waals surface area (Å²) in [5, 5.41) is 12.7. The normalized spacial score (nSPS) is 16.9. The number of furan rings is 1. The Labute approximate surface area is 143 Å². The van der Waals surface area contributed by atoms with Crippen molar-refractivity contribution in [1.29, 1.82) is 5.26 Å². The maximum Gasteiger partial charge on any atom is 0.122 e. The number of nitrogens with one attached hydrogen (secondary N) is 1. The van der Waals surface area contributed by atoms with Crippen molar-refractivity contribution in [3.63, 3.8) is 0 Å².